The fraction of sp³-hybridized carbons (Fsp3) is 0.333. The zero-order valence-electron chi connectivity index (χ0n) is 28.3. The molecule has 1 N–H and O–H groups in total. The van der Waals surface area contributed by atoms with E-state index in [9.17, 15) is 9.59 Å². The molecule has 1 amide bonds. The number of nitrogens with one attached hydrogen (secondary N) is 1. The van der Waals surface area contributed by atoms with E-state index in [1.165, 1.54) is 6.42 Å². The number of alkyl carbamates (subject to hydrolysis) is 1. The van der Waals surface area contributed by atoms with Gasteiger partial charge in [-0.05, 0) is 49.5 Å². The maximum absolute atomic E-state index is 14.5. The van der Waals surface area contributed by atoms with Gasteiger partial charge in [-0.15, -0.1) is 0 Å². The van der Waals surface area contributed by atoms with Crippen molar-refractivity contribution in [3.8, 4) is 0 Å². The summed E-state index contributed by atoms with van der Waals surface area (Å²) in [7, 11) is 0. The largest absolute Gasteiger partial charge is 0.443 e. The number of rotatable bonds is 15. The Morgan fingerprint density at radius 2 is 1.42 bits per heavy atom. The van der Waals surface area contributed by atoms with E-state index >= 15 is 0 Å². The summed E-state index contributed by atoms with van der Waals surface area (Å²) in [6, 6.07) is 32.2. The minimum Gasteiger partial charge on any atom is -0.443 e. The van der Waals surface area contributed by atoms with Crippen LogP contribution in [0.5, 0.6) is 0 Å². The highest BCUT2D eigenvalue weighted by Crippen LogP contribution is 2.44. The van der Waals surface area contributed by atoms with Crippen LogP contribution in [0.1, 0.15) is 98.1 Å². The second-order valence-corrected chi connectivity index (χ2v) is 13.1. The molecule has 0 spiro atoms. The fourth-order valence-corrected chi connectivity index (χ4v) is 6.67. The molecule has 0 bridgehead atoms. The average Bonchev–Trinajstić information content (AvgIpc) is 3.08. The van der Waals surface area contributed by atoms with Crippen LogP contribution in [0.15, 0.2) is 109 Å². The van der Waals surface area contributed by atoms with E-state index < -0.39 is 23.7 Å². The Morgan fingerprint density at radius 3 is 2.10 bits per heavy atom. The summed E-state index contributed by atoms with van der Waals surface area (Å²) in [5.41, 5.74) is 5.09. The molecule has 0 fully saturated rings. The molecule has 5 rings (SSSR count). The van der Waals surface area contributed by atoms with E-state index in [0.717, 1.165) is 71.9 Å². The lowest BCUT2D eigenvalue weighted by atomic mass is 9.79. The summed E-state index contributed by atoms with van der Waals surface area (Å²) < 4.78 is 12.6. The van der Waals surface area contributed by atoms with Crippen LogP contribution in [0.3, 0.4) is 0 Å². The number of benzene rings is 4. The van der Waals surface area contributed by atoms with Gasteiger partial charge in [0.2, 0.25) is 0 Å². The number of unbranched alkanes of at least 4 members (excludes halogenated alkanes) is 5. The highest BCUT2D eigenvalue weighted by atomic mass is 35.5. The van der Waals surface area contributed by atoms with Gasteiger partial charge in [0.05, 0.1) is 0 Å². The summed E-state index contributed by atoms with van der Waals surface area (Å²) >= 11 is 6.90. The molecule has 250 valence electrons. The van der Waals surface area contributed by atoms with E-state index in [0.29, 0.717) is 29.2 Å². The molecular weight excluding hydrogens is 618 g/mol. The highest BCUT2D eigenvalue weighted by Gasteiger charge is 2.43. The van der Waals surface area contributed by atoms with Gasteiger partial charge < -0.3 is 14.8 Å². The van der Waals surface area contributed by atoms with Crippen molar-refractivity contribution in [1.29, 1.82) is 0 Å². The molecule has 1 aliphatic rings. The van der Waals surface area contributed by atoms with Crippen LogP contribution < -0.4 is 5.32 Å². The fourth-order valence-electron chi connectivity index (χ4n) is 6.40. The van der Waals surface area contributed by atoms with Crippen LogP contribution in [0.4, 0.5) is 4.79 Å². The number of amides is 1. The molecule has 0 heterocycles. The van der Waals surface area contributed by atoms with Gasteiger partial charge in [0.1, 0.15) is 11.8 Å². The molecule has 1 unspecified atom stereocenters. The minimum atomic E-state index is -1.37. The number of esters is 1. The lowest BCUT2D eigenvalue weighted by Crippen LogP contribution is -2.46. The first-order valence-corrected chi connectivity index (χ1v) is 17.6. The Bertz CT molecular complexity index is 1720. The first-order valence-electron chi connectivity index (χ1n) is 17.2. The predicted octanol–water partition coefficient (Wildman–Crippen LogP) is 10.8. The quantitative estimate of drug-likeness (QED) is 0.0781. The lowest BCUT2D eigenvalue weighted by Gasteiger charge is -2.37. The first kappa shape index (κ1) is 35.0. The Balaban J connectivity index is 1.47. The number of carbonyl (C=O) groups is 2. The van der Waals surface area contributed by atoms with Crippen molar-refractivity contribution in [3.63, 3.8) is 0 Å². The van der Waals surface area contributed by atoms with Gasteiger partial charge in [0.15, 0.2) is 5.60 Å². The number of hydrogen-bond acceptors (Lipinski definition) is 4. The average molecular weight is 664 g/mol. The highest BCUT2D eigenvalue weighted by molar-refractivity contribution is 6.31. The van der Waals surface area contributed by atoms with E-state index in [1.54, 1.807) is 6.07 Å². The van der Waals surface area contributed by atoms with Crippen molar-refractivity contribution in [2.24, 2.45) is 0 Å². The predicted molar refractivity (Wildman–Crippen MR) is 194 cm³/mol. The second-order valence-electron chi connectivity index (χ2n) is 12.7. The summed E-state index contributed by atoms with van der Waals surface area (Å²) in [5, 5.41) is 3.37. The number of carbonyl (C=O) groups excluding carboxylic acids is 2. The summed E-state index contributed by atoms with van der Waals surface area (Å²) in [5.74, 6) is 0.0920. The van der Waals surface area contributed by atoms with Crippen LogP contribution >= 0.6 is 11.6 Å². The monoisotopic (exact) mass is 663 g/mol. The van der Waals surface area contributed by atoms with Crippen LogP contribution in [-0.4, -0.2) is 18.1 Å². The van der Waals surface area contributed by atoms with Crippen molar-refractivity contribution in [2.75, 3.05) is 0 Å². The third-order valence-corrected chi connectivity index (χ3v) is 9.52. The van der Waals surface area contributed by atoms with Crippen molar-refractivity contribution >= 4 is 29.2 Å². The van der Waals surface area contributed by atoms with Gasteiger partial charge in [-0.1, -0.05) is 160 Å². The molecule has 48 heavy (non-hydrogen) atoms. The Labute approximate surface area is 290 Å². The molecule has 1 aliphatic carbocycles. The van der Waals surface area contributed by atoms with Gasteiger partial charge in [-0.2, -0.15) is 0 Å². The van der Waals surface area contributed by atoms with Crippen LogP contribution in [-0.2, 0) is 19.9 Å². The third-order valence-electron chi connectivity index (χ3n) is 9.19. The number of aryl methyl sites for hydroxylation is 2. The minimum absolute atomic E-state index is 0.422. The van der Waals surface area contributed by atoms with E-state index in [2.05, 4.69) is 25.2 Å². The molecule has 0 radical (unpaired) electrons. The standard InChI is InChI=1S/C42H46ClNO4/c1-4-5-6-7-8-12-23-38(44-41(46)47-39-29-28-35(39)34-20-14-13-17-31(34)3)40(45)48-42(32-18-10-9-11-19-32,33-26-24-30(2)25-27-33)36-21-15-16-22-37(36)43/h9-11,13-22,24-27,38H,4-8,12,23,28-29H2,1-3H3,(H,44,46)/t38-,42?/m0/s1. The molecule has 0 aliphatic heterocycles. The van der Waals surface area contributed by atoms with Crippen molar-refractivity contribution in [3.05, 3.63) is 147 Å². The van der Waals surface area contributed by atoms with Crippen LogP contribution in [0, 0.1) is 13.8 Å². The van der Waals surface area contributed by atoms with Gasteiger partial charge in [-0.3, -0.25) is 0 Å². The summed E-state index contributed by atoms with van der Waals surface area (Å²) in [6.45, 7) is 6.26. The SMILES string of the molecule is CCCCCCCC[C@H](NC(=O)OC1=C(c2ccccc2C)CC1)C(=O)OC(c1ccccc1)(c1ccc(C)cc1)c1ccccc1Cl. The van der Waals surface area contributed by atoms with Crippen LogP contribution in [0.25, 0.3) is 5.57 Å². The molecule has 0 saturated heterocycles. The van der Waals surface area contributed by atoms with Gasteiger partial charge >= 0.3 is 12.1 Å². The number of ether oxygens (including phenoxy) is 2. The molecule has 4 aromatic carbocycles. The van der Waals surface area contributed by atoms with Crippen molar-refractivity contribution in [1.82, 2.24) is 5.32 Å². The molecular formula is C42H46ClNO4. The topological polar surface area (TPSA) is 64.6 Å². The van der Waals surface area contributed by atoms with E-state index in [-0.39, 0.29) is 0 Å². The lowest BCUT2D eigenvalue weighted by molar-refractivity contribution is -0.156. The first-order chi connectivity index (χ1) is 23.3. The van der Waals surface area contributed by atoms with E-state index in [1.807, 2.05) is 97.9 Å². The Morgan fingerprint density at radius 1 is 0.771 bits per heavy atom. The third kappa shape index (κ3) is 8.19. The van der Waals surface area contributed by atoms with Gasteiger partial charge in [-0.25, -0.2) is 9.59 Å². The number of hydrogen-bond donors (Lipinski definition) is 1. The maximum Gasteiger partial charge on any atom is 0.413 e. The van der Waals surface area contributed by atoms with Gasteiger partial charge in [0, 0.05) is 28.1 Å². The Hall–Kier alpha value is -4.35. The van der Waals surface area contributed by atoms with E-state index in [4.69, 9.17) is 21.1 Å². The molecule has 6 heteroatoms. The molecule has 0 saturated carbocycles. The normalized spacial score (nSPS) is 14.4. The van der Waals surface area contributed by atoms with Crippen molar-refractivity contribution < 1.29 is 19.1 Å². The van der Waals surface area contributed by atoms with Gasteiger partial charge in [0.25, 0.3) is 0 Å². The zero-order valence-corrected chi connectivity index (χ0v) is 29.0. The number of halogens is 1. The smallest absolute Gasteiger partial charge is 0.413 e. The van der Waals surface area contributed by atoms with Crippen molar-refractivity contribution in [2.45, 2.75) is 90.2 Å². The molecule has 0 aromatic heterocycles. The molecule has 2 atom stereocenters. The Kier molecular flexibility index (Phi) is 12.1. The molecule has 5 nitrogen and oxygen atoms in total. The zero-order chi connectivity index (χ0) is 33.9. The summed E-state index contributed by atoms with van der Waals surface area (Å²) in [4.78, 5) is 28.0. The van der Waals surface area contributed by atoms with Crippen LogP contribution in [0.2, 0.25) is 5.02 Å². The molecule has 4 aromatic rings. The number of allylic oxidation sites excluding steroid dienone is 2. The summed E-state index contributed by atoms with van der Waals surface area (Å²) in [6.07, 6.45) is 7.55. The second kappa shape index (κ2) is 16.7. The maximum atomic E-state index is 14.5.